The van der Waals surface area contributed by atoms with E-state index in [4.69, 9.17) is 14.0 Å². The van der Waals surface area contributed by atoms with Gasteiger partial charge in [-0.1, -0.05) is 60.7 Å². The number of hydrogen-bond donors (Lipinski definition) is 2. The van der Waals surface area contributed by atoms with Gasteiger partial charge in [-0.3, -0.25) is 0 Å². The highest BCUT2D eigenvalue weighted by Gasteiger charge is 2.52. The van der Waals surface area contributed by atoms with Gasteiger partial charge in [0.15, 0.2) is 0 Å². The summed E-state index contributed by atoms with van der Waals surface area (Å²) in [5, 5.41) is 13.1. The minimum atomic E-state index is -4.60. The highest BCUT2D eigenvalue weighted by molar-refractivity contribution is 6.56. The van der Waals surface area contributed by atoms with Crippen molar-refractivity contribution in [3.63, 3.8) is 0 Å². The van der Waals surface area contributed by atoms with Crippen molar-refractivity contribution in [2.75, 3.05) is 13.2 Å². The molecule has 1 aliphatic carbocycles. The number of carbonyl (C=O) groups excluding carboxylic acids is 1. The quantitative estimate of drug-likeness (QED) is 0.316. The number of hydrogen-bond acceptors (Lipinski definition) is 5. The maximum Gasteiger partial charge on any atom is 0.492 e. The average Bonchev–Trinajstić information content (AvgIpc) is 3.34. The molecule has 3 aromatic carbocycles. The van der Waals surface area contributed by atoms with E-state index in [2.05, 4.69) is 5.32 Å². The Morgan fingerprint density at radius 3 is 2.07 bits per heavy atom. The average molecular weight is 565 g/mol. The topological polar surface area (TPSA) is 77.0 Å². The zero-order valence-electron chi connectivity index (χ0n) is 23.2. The predicted molar refractivity (Wildman–Crippen MR) is 150 cm³/mol. The second-order valence-electron chi connectivity index (χ2n) is 11.3. The van der Waals surface area contributed by atoms with Crippen molar-refractivity contribution in [2.45, 2.75) is 51.0 Å². The van der Waals surface area contributed by atoms with Crippen molar-refractivity contribution in [3.8, 4) is 16.9 Å². The summed E-state index contributed by atoms with van der Waals surface area (Å²) in [7, 11) is -0.921. The molecule has 0 radical (unpaired) electrons. The molecule has 6 nitrogen and oxygen atoms in total. The summed E-state index contributed by atoms with van der Waals surface area (Å²) in [5.41, 5.74) is 2.52. The molecule has 0 bridgehead atoms. The van der Waals surface area contributed by atoms with Crippen molar-refractivity contribution >= 4 is 19.3 Å². The Balaban J connectivity index is 1.33. The van der Waals surface area contributed by atoms with E-state index in [-0.39, 0.29) is 24.6 Å². The monoisotopic (exact) mass is 565 g/mol. The first-order chi connectivity index (χ1) is 19.3. The summed E-state index contributed by atoms with van der Waals surface area (Å²) in [6.07, 6.45) is -3.81. The van der Waals surface area contributed by atoms with Crippen LogP contribution < -0.4 is 5.32 Å². The molecule has 2 aliphatic rings. The fraction of sp³-hybridized carbons (Fsp3) is 0.323. The van der Waals surface area contributed by atoms with Crippen molar-refractivity contribution in [3.05, 3.63) is 94.5 Å². The first-order valence-corrected chi connectivity index (χ1v) is 13.3. The molecule has 1 fully saturated rings. The normalized spacial score (nSPS) is 17.7. The van der Waals surface area contributed by atoms with Crippen LogP contribution in [0.2, 0.25) is 0 Å². The van der Waals surface area contributed by atoms with Crippen LogP contribution in [0.25, 0.3) is 17.2 Å². The number of phenols is 1. The number of nitrogens with one attached hydrogen (secondary N) is 1. The van der Waals surface area contributed by atoms with Crippen molar-refractivity contribution in [2.24, 2.45) is 0 Å². The molecule has 0 spiro atoms. The first kappa shape index (κ1) is 28.8. The van der Waals surface area contributed by atoms with Gasteiger partial charge in [-0.25, -0.2) is 4.79 Å². The van der Waals surface area contributed by atoms with Crippen LogP contribution in [0.4, 0.5) is 18.0 Å². The van der Waals surface area contributed by atoms with Crippen LogP contribution in [0, 0.1) is 0 Å². The second-order valence-corrected chi connectivity index (χ2v) is 11.3. The molecule has 0 unspecified atom stereocenters. The summed E-state index contributed by atoms with van der Waals surface area (Å²) in [6, 6.07) is 18.7. The lowest BCUT2D eigenvalue weighted by atomic mass is 9.77. The van der Waals surface area contributed by atoms with Gasteiger partial charge in [0.2, 0.25) is 0 Å². The zero-order chi connectivity index (χ0) is 29.6. The Bertz CT molecular complexity index is 1440. The molecule has 3 aromatic rings. The van der Waals surface area contributed by atoms with Crippen molar-refractivity contribution in [1.29, 1.82) is 0 Å². The zero-order valence-corrected chi connectivity index (χ0v) is 23.2. The third-order valence-corrected chi connectivity index (χ3v) is 8.04. The smallest absolute Gasteiger partial charge is 0.492 e. The van der Waals surface area contributed by atoms with Gasteiger partial charge in [0.25, 0.3) is 0 Å². The van der Waals surface area contributed by atoms with Crippen LogP contribution in [0.5, 0.6) is 5.75 Å². The van der Waals surface area contributed by atoms with E-state index >= 15 is 0 Å². The minimum Gasteiger partial charge on any atom is -0.507 e. The van der Waals surface area contributed by atoms with Gasteiger partial charge in [-0.2, -0.15) is 13.2 Å². The van der Waals surface area contributed by atoms with Crippen LogP contribution in [-0.4, -0.2) is 42.7 Å². The maximum absolute atomic E-state index is 13.1. The number of rotatable bonds is 6. The fourth-order valence-electron chi connectivity index (χ4n) is 5.06. The molecule has 5 rings (SSSR count). The molecule has 2 N–H and O–H groups in total. The molecule has 1 aliphatic heterocycles. The number of alkyl carbamates (subject to hydrolysis) is 1. The molecule has 214 valence electrons. The van der Waals surface area contributed by atoms with Gasteiger partial charge in [-0.05, 0) is 67.6 Å². The number of amides is 1. The molecule has 0 aromatic heterocycles. The van der Waals surface area contributed by atoms with E-state index in [0.29, 0.717) is 11.5 Å². The number of fused-ring (bicyclic) bond motifs is 3. The fourth-order valence-corrected chi connectivity index (χ4v) is 5.06. The summed E-state index contributed by atoms with van der Waals surface area (Å²) < 4.78 is 57.2. The summed E-state index contributed by atoms with van der Waals surface area (Å²) in [6.45, 7) is 7.47. The standard InChI is InChI=1S/C31H31BF3NO5/c1-29(2)30(3,4)41-32(40-29)21(15-19-13-14-20(16-27(19)37)31(33,34)35)17-36-28(38)39-18-26-24-11-7-5-9-22(24)23-10-6-8-12-25(23)26/h5-16,26,37H,17-18H2,1-4H3,(H,36,38). The molecule has 41 heavy (non-hydrogen) atoms. The molecule has 1 saturated heterocycles. The number of alkyl halides is 3. The summed E-state index contributed by atoms with van der Waals surface area (Å²) >= 11 is 0. The van der Waals surface area contributed by atoms with Gasteiger partial charge < -0.3 is 24.5 Å². The van der Waals surface area contributed by atoms with E-state index < -0.39 is 41.9 Å². The number of ether oxygens (including phenoxy) is 1. The lowest BCUT2D eigenvalue weighted by Crippen LogP contribution is -2.41. The van der Waals surface area contributed by atoms with Gasteiger partial charge in [0.1, 0.15) is 12.4 Å². The minimum absolute atomic E-state index is 0.0893. The van der Waals surface area contributed by atoms with Gasteiger partial charge in [-0.15, -0.1) is 0 Å². The van der Waals surface area contributed by atoms with Crippen LogP contribution in [0.1, 0.15) is 55.9 Å². The van der Waals surface area contributed by atoms with Crippen molar-refractivity contribution < 1.29 is 37.1 Å². The highest BCUT2D eigenvalue weighted by atomic mass is 19.4. The molecule has 1 heterocycles. The van der Waals surface area contributed by atoms with Crippen molar-refractivity contribution in [1.82, 2.24) is 5.32 Å². The second kappa shape index (κ2) is 10.6. The van der Waals surface area contributed by atoms with E-state index in [1.54, 1.807) is 0 Å². The Labute approximate surface area is 237 Å². The molecular formula is C31H31BF3NO5. The predicted octanol–water partition coefficient (Wildman–Crippen LogP) is 6.96. The number of halogens is 3. The summed E-state index contributed by atoms with van der Waals surface area (Å²) in [4.78, 5) is 12.9. The van der Waals surface area contributed by atoms with E-state index in [1.807, 2.05) is 76.2 Å². The molecule has 10 heteroatoms. The molecule has 0 saturated carbocycles. The lowest BCUT2D eigenvalue weighted by molar-refractivity contribution is -0.137. The Morgan fingerprint density at radius 1 is 0.976 bits per heavy atom. The Kier molecular flexibility index (Phi) is 7.42. The first-order valence-electron chi connectivity index (χ1n) is 13.3. The largest absolute Gasteiger partial charge is 0.507 e. The van der Waals surface area contributed by atoms with Crippen LogP contribution in [0.3, 0.4) is 0 Å². The number of benzene rings is 3. The van der Waals surface area contributed by atoms with Crippen LogP contribution >= 0.6 is 0 Å². The molecule has 1 amide bonds. The molecule has 0 atom stereocenters. The number of carbonyl (C=O) groups is 1. The van der Waals surface area contributed by atoms with Crippen LogP contribution in [-0.2, 0) is 20.2 Å². The van der Waals surface area contributed by atoms with E-state index in [0.717, 1.165) is 34.4 Å². The van der Waals surface area contributed by atoms with Gasteiger partial charge in [0, 0.05) is 18.0 Å². The third kappa shape index (κ3) is 5.71. The summed E-state index contributed by atoms with van der Waals surface area (Å²) in [5.74, 6) is -0.676. The van der Waals surface area contributed by atoms with Gasteiger partial charge in [0.05, 0.1) is 16.8 Å². The Morgan fingerprint density at radius 2 is 1.54 bits per heavy atom. The SMILES string of the molecule is CC1(C)OB(C(=Cc2ccc(C(F)(F)F)cc2O)CNC(=O)OCC2c3ccccc3-c3ccccc32)OC1(C)C. The molecular weight excluding hydrogens is 534 g/mol. The highest BCUT2D eigenvalue weighted by Crippen LogP contribution is 2.44. The van der Waals surface area contributed by atoms with E-state index in [9.17, 15) is 23.1 Å². The van der Waals surface area contributed by atoms with E-state index in [1.165, 1.54) is 6.08 Å². The third-order valence-electron chi connectivity index (χ3n) is 8.04. The Hall–Kier alpha value is -3.76. The van der Waals surface area contributed by atoms with Gasteiger partial charge >= 0.3 is 19.4 Å². The maximum atomic E-state index is 13.1. The number of phenolic OH excluding ortho intramolecular Hbond substituents is 1. The van der Waals surface area contributed by atoms with Crippen LogP contribution in [0.15, 0.2) is 72.2 Å². The lowest BCUT2D eigenvalue weighted by Gasteiger charge is -2.32. The number of aromatic hydroxyl groups is 1.